The van der Waals surface area contributed by atoms with E-state index in [1.54, 1.807) is 19.2 Å². The van der Waals surface area contributed by atoms with E-state index in [1.807, 2.05) is 6.07 Å². The van der Waals surface area contributed by atoms with Gasteiger partial charge in [0.2, 0.25) is 10.0 Å². The highest BCUT2D eigenvalue weighted by Crippen LogP contribution is 2.37. The van der Waals surface area contributed by atoms with Crippen LogP contribution in [0.15, 0.2) is 36.7 Å². The summed E-state index contributed by atoms with van der Waals surface area (Å²) in [6.07, 6.45) is 4.46. The second-order valence-electron chi connectivity index (χ2n) is 8.57. The Morgan fingerprint density at radius 3 is 2.58 bits per heavy atom. The Hall–Kier alpha value is -2.40. The van der Waals surface area contributed by atoms with Crippen LogP contribution in [0.4, 0.5) is 15.9 Å². The van der Waals surface area contributed by atoms with Crippen molar-refractivity contribution in [1.29, 1.82) is 0 Å². The zero-order chi connectivity index (χ0) is 25.7. The number of alkyl halides is 1. The van der Waals surface area contributed by atoms with Crippen LogP contribution in [-0.4, -0.2) is 49.3 Å². The molecule has 2 N–H and O–H groups in total. The summed E-state index contributed by atoms with van der Waals surface area (Å²) < 4.78 is 52.5. The Bertz CT molecular complexity index is 1320. The fourth-order valence-corrected chi connectivity index (χ4v) is 6.02. The first kappa shape index (κ1) is 26.7. The van der Waals surface area contributed by atoms with Crippen molar-refractivity contribution >= 4 is 55.6 Å². The summed E-state index contributed by atoms with van der Waals surface area (Å²) in [7, 11) is -1.78. The summed E-state index contributed by atoms with van der Waals surface area (Å²) in [5, 5.41) is 3.84. The predicted molar refractivity (Wildman–Crippen MR) is 140 cm³/mol. The van der Waals surface area contributed by atoms with Crippen molar-refractivity contribution in [2.24, 2.45) is 0 Å². The topological polar surface area (TPSA) is 102 Å². The van der Waals surface area contributed by atoms with Gasteiger partial charge >= 0.3 is 0 Å². The number of halogens is 3. The number of hydrogen-bond acceptors (Lipinski definition) is 7. The summed E-state index contributed by atoms with van der Waals surface area (Å²) in [6, 6.07) is 7.79. The number of rotatable bonds is 10. The number of fused-ring (bicyclic) bond motifs is 1. The van der Waals surface area contributed by atoms with Gasteiger partial charge in [-0.3, -0.25) is 0 Å². The minimum absolute atomic E-state index is 0.000920. The van der Waals surface area contributed by atoms with Crippen LogP contribution >= 0.6 is 23.2 Å². The molecule has 1 aliphatic carbocycles. The van der Waals surface area contributed by atoms with Crippen LogP contribution in [0.2, 0.25) is 5.02 Å². The first-order chi connectivity index (χ1) is 17.3. The van der Waals surface area contributed by atoms with Crippen molar-refractivity contribution in [3.05, 3.63) is 47.5 Å². The average molecular weight is 557 g/mol. The van der Waals surface area contributed by atoms with Gasteiger partial charge in [-0.05, 0) is 56.4 Å². The van der Waals surface area contributed by atoms with Gasteiger partial charge in [-0.25, -0.2) is 27.5 Å². The Balaban J connectivity index is 1.49. The Labute approximate surface area is 219 Å². The zero-order valence-electron chi connectivity index (χ0n) is 19.6. The summed E-state index contributed by atoms with van der Waals surface area (Å²) in [6.45, 7) is 0. The van der Waals surface area contributed by atoms with E-state index in [0.29, 0.717) is 71.9 Å². The molecule has 3 aromatic rings. The molecule has 0 unspecified atom stereocenters. The van der Waals surface area contributed by atoms with E-state index in [4.69, 9.17) is 32.7 Å². The maximum Gasteiger partial charge on any atom is 0.211 e. The molecule has 0 radical (unpaired) electrons. The summed E-state index contributed by atoms with van der Waals surface area (Å²) in [5.74, 6) is 1.41. The number of nitrogens with one attached hydrogen (secondary N) is 2. The van der Waals surface area contributed by atoms with Crippen molar-refractivity contribution in [3.63, 3.8) is 0 Å². The fraction of sp³-hybridized carbons (Fsp3) is 0.417. The SMILES string of the molecule is COc1cc2ncnc(Nc3ccc(F)c(Cl)c3)c2cc1O[C@H]1CC[C@@H](NS(=O)(=O)CCCCl)CC1. The van der Waals surface area contributed by atoms with E-state index >= 15 is 0 Å². The molecule has 12 heteroatoms. The van der Waals surface area contributed by atoms with E-state index in [-0.39, 0.29) is 22.9 Å². The molecular weight excluding hydrogens is 530 g/mol. The molecule has 0 spiro atoms. The molecule has 8 nitrogen and oxygen atoms in total. The number of nitrogens with zero attached hydrogens (tertiary/aromatic N) is 2. The predicted octanol–water partition coefficient (Wildman–Crippen LogP) is 5.41. The molecule has 4 rings (SSSR count). The number of hydrogen-bond donors (Lipinski definition) is 2. The molecule has 1 aromatic heterocycles. The van der Waals surface area contributed by atoms with Crippen LogP contribution in [0.5, 0.6) is 11.5 Å². The summed E-state index contributed by atoms with van der Waals surface area (Å²) in [5.41, 5.74) is 1.21. The number of methoxy groups -OCH3 is 1. The first-order valence-corrected chi connectivity index (χ1v) is 14.1. The van der Waals surface area contributed by atoms with Gasteiger partial charge in [0.05, 0.1) is 29.5 Å². The second-order valence-corrected chi connectivity index (χ2v) is 11.2. The van der Waals surface area contributed by atoms with Crippen molar-refractivity contribution in [3.8, 4) is 11.5 Å². The van der Waals surface area contributed by atoms with Crippen LogP contribution in [0, 0.1) is 5.82 Å². The van der Waals surface area contributed by atoms with Crippen LogP contribution < -0.4 is 19.5 Å². The Morgan fingerprint density at radius 1 is 1.11 bits per heavy atom. The molecule has 0 saturated heterocycles. The van der Waals surface area contributed by atoms with Gasteiger partial charge in [0, 0.05) is 29.1 Å². The standard InChI is InChI=1S/C24H27Cl2FN4O4S/c1-34-22-13-21-18(24(29-14-28-21)30-16-5-8-20(27)19(26)11-16)12-23(22)35-17-6-3-15(4-7-17)31-36(32,33)10-2-9-25/h5,8,11-15,17,31H,2-4,6-7,9-10H2,1H3,(H,28,29,30)/t15-,17+. The zero-order valence-corrected chi connectivity index (χ0v) is 22.0. The van der Waals surface area contributed by atoms with E-state index in [1.165, 1.54) is 18.5 Å². The number of benzene rings is 2. The maximum atomic E-state index is 13.5. The van der Waals surface area contributed by atoms with Crippen molar-refractivity contribution in [2.75, 3.05) is 24.1 Å². The third-order valence-corrected chi connectivity index (χ3v) is 8.04. The van der Waals surface area contributed by atoms with Gasteiger partial charge in [0.15, 0.2) is 11.5 Å². The lowest BCUT2D eigenvalue weighted by atomic mass is 9.93. The number of sulfonamides is 1. The van der Waals surface area contributed by atoms with Gasteiger partial charge < -0.3 is 14.8 Å². The van der Waals surface area contributed by atoms with Gasteiger partial charge in [0.25, 0.3) is 0 Å². The summed E-state index contributed by atoms with van der Waals surface area (Å²) in [4.78, 5) is 8.66. The molecule has 0 bridgehead atoms. The molecule has 1 heterocycles. The monoisotopic (exact) mass is 556 g/mol. The number of anilines is 2. The second kappa shape index (κ2) is 11.8. The van der Waals surface area contributed by atoms with Crippen LogP contribution in [0.1, 0.15) is 32.1 Å². The quantitative estimate of drug-likeness (QED) is 0.321. The first-order valence-electron chi connectivity index (χ1n) is 11.6. The highest BCUT2D eigenvalue weighted by atomic mass is 35.5. The van der Waals surface area contributed by atoms with Crippen molar-refractivity contribution in [1.82, 2.24) is 14.7 Å². The maximum absolute atomic E-state index is 13.5. The largest absolute Gasteiger partial charge is 0.493 e. The normalized spacial score (nSPS) is 18.2. The molecule has 1 aliphatic rings. The summed E-state index contributed by atoms with van der Waals surface area (Å²) >= 11 is 11.5. The molecule has 194 valence electrons. The lowest BCUT2D eigenvalue weighted by Gasteiger charge is -2.29. The van der Waals surface area contributed by atoms with Gasteiger partial charge in [-0.15, -0.1) is 11.6 Å². The van der Waals surface area contributed by atoms with E-state index in [0.717, 1.165) is 0 Å². The molecule has 0 atom stereocenters. The molecule has 1 fully saturated rings. The number of aromatic nitrogens is 2. The number of ether oxygens (including phenoxy) is 2. The molecule has 0 aliphatic heterocycles. The third-order valence-electron chi connectivity index (χ3n) is 5.96. The molecular formula is C24H27Cl2FN4O4S. The van der Waals surface area contributed by atoms with Crippen LogP contribution in [0.3, 0.4) is 0 Å². The molecule has 36 heavy (non-hydrogen) atoms. The minimum Gasteiger partial charge on any atom is -0.493 e. The van der Waals surface area contributed by atoms with Gasteiger partial charge in [0.1, 0.15) is 18.0 Å². The van der Waals surface area contributed by atoms with E-state index in [9.17, 15) is 12.8 Å². The highest BCUT2D eigenvalue weighted by Gasteiger charge is 2.26. The van der Waals surface area contributed by atoms with Crippen LogP contribution in [-0.2, 0) is 10.0 Å². The van der Waals surface area contributed by atoms with Gasteiger partial charge in [-0.1, -0.05) is 11.6 Å². The van der Waals surface area contributed by atoms with Crippen LogP contribution in [0.25, 0.3) is 10.9 Å². The lowest BCUT2D eigenvalue weighted by Crippen LogP contribution is -2.40. The third kappa shape index (κ3) is 6.67. The van der Waals surface area contributed by atoms with E-state index in [2.05, 4.69) is 20.0 Å². The minimum atomic E-state index is -3.34. The lowest BCUT2D eigenvalue weighted by molar-refractivity contribution is 0.140. The Morgan fingerprint density at radius 2 is 1.89 bits per heavy atom. The fourth-order valence-electron chi connectivity index (χ4n) is 4.16. The molecule has 1 saturated carbocycles. The highest BCUT2D eigenvalue weighted by molar-refractivity contribution is 7.89. The molecule has 2 aromatic carbocycles. The average Bonchev–Trinajstić information content (AvgIpc) is 2.86. The van der Waals surface area contributed by atoms with Gasteiger partial charge in [-0.2, -0.15) is 0 Å². The Kier molecular flexibility index (Phi) is 8.71. The van der Waals surface area contributed by atoms with Crippen molar-refractivity contribution < 1.29 is 22.3 Å². The van der Waals surface area contributed by atoms with E-state index < -0.39 is 15.8 Å². The molecule has 0 amide bonds. The van der Waals surface area contributed by atoms with Crippen molar-refractivity contribution in [2.45, 2.75) is 44.2 Å². The smallest absolute Gasteiger partial charge is 0.211 e.